The van der Waals surface area contributed by atoms with E-state index in [4.69, 9.17) is 4.74 Å². The maximum atomic E-state index is 10.1. The normalized spacial score (nSPS) is 38.8. The lowest BCUT2D eigenvalue weighted by atomic mass is 9.61. The lowest BCUT2D eigenvalue weighted by molar-refractivity contribution is -0.0424. The molecule has 0 radical (unpaired) electrons. The average molecular weight is 419 g/mol. The topological polar surface area (TPSA) is 69.9 Å². The molecule has 0 aromatic heterocycles. The molecule has 3 N–H and O–H groups in total. The molecule has 3 rings (SSSR count). The van der Waals surface area contributed by atoms with Gasteiger partial charge in [0.25, 0.3) is 0 Å². The first kappa shape index (κ1) is 23.7. The Kier molecular flexibility index (Phi) is 7.33. The van der Waals surface area contributed by atoms with Gasteiger partial charge in [-0.2, -0.15) is 0 Å². The van der Waals surface area contributed by atoms with Gasteiger partial charge < -0.3 is 20.1 Å². The van der Waals surface area contributed by atoms with E-state index in [9.17, 15) is 15.3 Å². The van der Waals surface area contributed by atoms with Gasteiger partial charge in [0, 0.05) is 13.0 Å². The molecule has 4 nitrogen and oxygen atoms in total. The Morgan fingerprint density at radius 3 is 2.70 bits per heavy atom. The molecule has 0 aromatic carbocycles. The van der Waals surface area contributed by atoms with Crippen LogP contribution in [0.3, 0.4) is 0 Å². The predicted molar refractivity (Wildman–Crippen MR) is 121 cm³/mol. The molecule has 6 atom stereocenters. The third-order valence-corrected chi connectivity index (χ3v) is 7.83. The standard InChI is InChI=1S/C26H42O4/c1-17(15-30-16-25(3,4)29)22-10-11-23-19(7-6-12-26(22,23)5)8-9-20-13-21(27)14-24(28)18(20)2/h8-9,17,21-24,27-29H,2,6-7,10-16H2,1,3-5H3/b19-8+,20-9-/t17-,21-,22-,23+,24+,26-/m1/s1. The van der Waals surface area contributed by atoms with Crippen LogP contribution in [0.1, 0.15) is 72.6 Å². The van der Waals surface area contributed by atoms with E-state index in [2.05, 4.69) is 32.6 Å². The number of hydrogen-bond acceptors (Lipinski definition) is 4. The summed E-state index contributed by atoms with van der Waals surface area (Å²) in [5.74, 6) is 1.70. The van der Waals surface area contributed by atoms with Crippen molar-refractivity contribution in [3.05, 3.63) is 35.5 Å². The maximum absolute atomic E-state index is 10.1. The zero-order chi connectivity index (χ0) is 22.1. The van der Waals surface area contributed by atoms with Crippen molar-refractivity contribution in [3.63, 3.8) is 0 Å². The highest BCUT2D eigenvalue weighted by Crippen LogP contribution is 2.59. The highest BCUT2D eigenvalue weighted by atomic mass is 16.5. The molecule has 30 heavy (non-hydrogen) atoms. The molecule has 0 saturated heterocycles. The van der Waals surface area contributed by atoms with E-state index in [0.29, 0.717) is 49.2 Å². The number of allylic oxidation sites excluding steroid dienone is 3. The second kappa shape index (κ2) is 9.28. The third kappa shape index (κ3) is 5.27. The van der Waals surface area contributed by atoms with Crippen LogP contribution in [0.4, 0.5) is 0 Å². The van der Waals surface area contributed by atoms with Crippen LogP contribution in [0.15, 0.2) is 35.5 Å². The van der Waals surface area contributed by atoms with Gasteiger partial charge in [-0.3, -0.25) is 0 Å². The number of rotatable bonds is 6. The van der Waals surface area contributed by atoms with Gasteiger partial charge in [0.1, 0.15) is 0 Å². The fraction of sp³-hybridized carbons (Fsp3) is 0.769. The molecule has 0 aliphatic heterocycles. The van der Waals surface area contributed by atoms with Crippen LogP contribution < -0.4 is 0 Å². The van der Waals surface area contributed by atoms with Gasteiger partial charge >= 0.3 is 0 Å². The molecular formula is C26H42O4. The van der Waals surface area contributed by atoms with Crippen molar-refractivity contribution in [1.82, 2.24) is 0 Å². The molecular weight excluding hydrogens is 376 g/mol. The smallest absolute Gasteiger partial charge is 0.0824 e. The van der Waals surface area contributed by atoms with Crippen molar-refractivity contribution in [1.29, 1.82) is 0 Å². The fourth-order valence-corrected chi connectivity index (χ4v) is 6.29. The van der Waals surface area contributed by atoms with Gasteiger partial charge in [0.2, 0.25) is 0 Å². The molecule has 0 unspecified atom stereocenters. The minimum absolute atomic E-state index is 0.294. The van der Waals surface area contributed by atoms with Crippen LogP contribution in [-0.4, -0.2) is 46.3 Å². The van der Waals surface area contributed by atoms with Crippen molar-refractivity contribution >= 4 is 0 Å². The SMILES string of the molecule is C=C1/C(=C\C=C2/CCC[C@]3(C)[C@@H]([C@H](C)COCC(C)(C)O)CC[C@@H]23)C[C@@H](O)C[C@@H]1O. The van der Waals surface area contributed by atoms with Crippen molar-refractivity contribution in [3.8, 4) is 0 Å². The van der Waals surface area contributed by atoms with Gasteiger partial charge in [0.15, 0.2) is 0 Å². The van der Waals surface area contributed by atoms with Gasteiger partial charge in [-0.05, 0) is 86.7 Å². The Labute approximate surface area is 182 Å². The van der Waals surface area contributed by atoms with E-state index < -0.39 is 17.8 Å². The Bertz CT molecular complexity index is 686. The van der Waals surface area contributed by atoms with Crippen molar-refractivity contribution in [2.45, 2.75) is 90.4 Å². The van der Waals surface area contributed by atoms with E-state index in [1.165, 1.54) is 31.3 Å². The molecule has 0 spiro atoms. The molecule has 0 aromatic rings. The molecule has 0 heterocycles. The molecule has 170 valence electrons. The summed E-state index contributed by atoms with van der Waals surface area (Å²) in [4.78, 5) is 0. The van der Waals surface area contributed by atoms with Crippen LogP contribution in [0.5, 0.6) is 0 Å². The number of aliphatic hydroxyl groups excluding tert-OH is 2. The first-order valence-corrected chi connectivity index (χ1v) is 11.8. The summed E-state index contributed by atoms with van der Waals surface area (Å²) in [5.41, 5.74) is 2.79. The molecule has 3 saturated carbocycles. The summed E-state index contributed by atoms with van der Waals surface area (Å²) in [7, 11) is 0. The summed E-state index contributed by atoms with van der Waals surface area (Å²) in [6.07, 6.45) is 10.3. The summed E-state index contributed by atoms with van der Waals surface area (Å²) >= 11 is 0. The largest absolute Gasteiger partial charge is 0.393 e. The molecule has 4 heteroatoms. The second-order valence-corrected chi connectivity index (χ2v) is 11.0. The van der Waals surface area contributed by atoms with Crippen molar-refractivity contribution < 1.29 is 20.1 Å². The Morgan fingerprint density at radius 2 is 2.00 bits per heavy atom. The Hall–Kier alpha value is -0.940. The molecule has 3 aliphatic rings. The van der Waals surface area contributed by atoms with E-state index in [1.54, 1.807) is 13.8 Å². The summed E-state index contributed by atoms with van der Waals surface area (Å²) in [6, 6.07) is 0. The number of aliphatic hydroxyl groups is 3. The number of fused-ring (bicyclic) bond motifs is 1. The molecule has 3 aliphatic carbocycles. The average Bonchev–Trinajstić information content (AvgIpc) is 3.00. The van der Waals surface area contributed by atoms with E-state index in [1.807, 2.05) is 0 Å². The lowest BCUT2D eigenvalue weighted by Crippen LogP contribution is -2.37. The zero-order valence-electron chi connectivity index (χ0n) is 19.4. The zero-order valence-corrected chi connectivity index (χ0v) is 19.4. The van der Waals surface area contributed by atoms with Crippen LogP contribution in [0, 0.1) is 23.2 Å². The summed E-state index contributed by atoms with van der Waals surface area (Å²) in [6.45, 7) is 13.5. The van der Waals surface area contributed by atoms with Crippen LogP contribution in [0.25, 0.3) is 0 Å². The first-order chi connectivity index (χ1) is 14.0. The molecule has 0 amide bonds. The second-order valence-electron chi connectivity index (χ2n) is 11.0. The molecule has 0 bridgehead atoms. The van der Waals surface area contributed by atoms with Crippen molar-refractivity contribution in [2.24, 2.45) is 23.2 Å². The molecule has 3 fully saturated rings. The van der Waals surface area contributed by atoms with E-state index >= 15 is 0 Å². The maximum Gasteiger partial charge on any atom is 0.0824 e. The van der Waals surface area contributed by atoms with Crippen LogP contribution in [0.2, 0.25) is 0 Å². The highest BCUT2D eigenvalue weighted by Gasteiger charge is 2.50. The van der Waals surface area contributed by atoms with Crippen LogP contribution >= 0.6 is 0 Å². The lowest BCUT2D eigenvalue weighted by Gasteiger charge is -2.44. The number of ether oxygens (including phenoxy) is 1. The first-order valence-electron chi connectivity index (χ1n) is 11.8. The van der Waals surface area contributed by atoms with Gasteiger partial charge in [0.05, 0.1) is 24.4 Å². The number of hydrogen-bond donors (Lipinski definition) is 3. The predicted octanol–water partition coefficient (Wildman–Crippen LogP) is 4.55. The van der Waals surface area contributed by atoms with E-state index in [-0.39, 0.29) is 0 Å². The summed E-state index contributed by atoms with van der Waals surface area (Å²) in [5, 5.41) is 30.0. The minimum atomic E-state index is -0.777. The quantitative estimate of drug-likeness (QED) is 0.592. The minimum Gasteiger partial charge on any atom is -0.393 e. The van der Waals surface area contributed by atoms with Gasteiger partial charge in [-0.15, -0.1) is 0 Å². The Morgan fingerprint density at radius 1 is 1.27 bits per heavy atom. The van der Waals surface area contributed by atoms with Crippen molar-refractivity contribution in [2.75, 3.05) is 13.2 Å². The Balaban J connectivity index is 1.70. The van der Waals surface area contributed by atoms with Gasteiger partial charge in [-0.25, -0.2) is 0 Å². The monoisotopic (exact) mass is 418 g/mol. The highest BCUT2D eigenvalue weighted by molar-refractivity contribution is 5.38. The summed E-state index contributed by atoms with van der Waals surface area (Å²) < 4.78 is 5.85. The fourth-order valence-electron chi connectivity index (χ4n) is 6.29. The van der Waals surface area contributed by atoms with Crippen LogP contribution in [-0.2, 0) is 4.74 Å². The van der Waals surface area contributed by atoms with Gasteiger partial charge in [-0.1, -0.05) is 38.2 Å². The third-order valence-electron chi connectivity index (χ3n) is 7.83. The van der Waals surface area contributed by atoms with E-state index in [0.717, 1.165) is 17.6 Å².